The van der Waals surface area contributed by atoms with Crippen LogP contribution in [0.25, 0.3) is 0 Å². The fourth-order valence-corrected chi connectivity index (χ4v) is 2.65. The molecule has 1 aliphatic heterocycles. The third-order valence-corrected chi connectivity index (χ3v) is 4.14. The zero-order chi connectivity index (χ0) is 15.9. The lowest BCUT2D eigenvalue weighted by molar-refractivity contribution is -0.146. The number of methoxy groups -OCH3 is 1. The van der Waals surface area contributed by atoms with Crippen LogP contribution in [0.5, 0.6) is 5.75 Å². The van der Waals surface area contributed by atoms with Gasteiger partial charge in [-0.2, -0.15) is 0 Å². The molecule has 0 spiro atoms. The molecule has 0 saturated carbocycles. The summed E-state index contributed by atoms with van der Waals surface area (Å²) in [7, 11) is 1.62. The predicted molar refractivity (Wildman–Crippen MR) is 84.7 cm³/mol. The van der Waals surface area contributed by atoms with E-state index in [-0.39, 0.29) is 0 Å². The Balaban J connectivity index is 1.79. The van der Waals surface area contributed by atoms with Gasteiger partial charge in [-0.1, -0.05) is 25.1 Å². The smallest absolute Gasteiger partial charge is 0.311 e. The van der Waals surface area contributed by atoms with Gasteiger partial charge in [0.1, 0.15) is 5.75 Å². The first-order chi connectivity index (χ1) is 10.6. The van der Waals surface area contributed by atoms with Gasteiger partial charge in [-0.15, -0.1) is 0 Å². The van der Waals surface area contributed by atoms with Crippen molar-refractivity contribution in [1.82, 2.24) is 10.2 Å². The van der Waals surface area contributed by atoms with Gasteiger partial charge < -0.3 is 15.0 Å². The minimum absolute atomic E-state index is 0.410. The van der Waals surface area contributed by atoms with Gasteiger partial charge in [0.05, 0.1) is 7.11 Å². The monoisotopic (exact) mass is 304 g/mol. The van der Waals surface area contributed by atoms with Crippen molar-refractivity contribution < 1.29 is 14.3 Å². The van der Waals surface area contributed by atoms with Crippen molar-refractivity contribution in [3.63, 3.8) is 0 Å². The number of nitrogens with one attached hydrogen (secondary N) is 1. The van der Waals surface area contributed by atoms with Crippen LogP contribution in [-0.4, -0.2) is 43.5 Å². The molecule has 0 aliphatic carbocycles. The summed E-state index contributed by atoms with van der Waals surface area (Å²) in [5.74, 6) is 0.516. The summed E-state index contributed by atoms with van der Waals surface area (Å²) in [5.41, 5.74) is 1.02. The molecule has 0 radical (unpaired) electrons. The van der Waals surface area contributed by atoms with Crippen molar-refractivity contribution in [3.05, 3.63) is 29.8 Å². The van der Waals surface area contributed by atoms with E-state index in [0.29, 0.717) is 32.0 Å². The van der Waals surface area contributed by atoms with Gasteiger partial charge in [0.25, 0.3) is 0 Å². The molecule has 5 nitrogen and oxygen atoms in total. The first kappa shape index (κ1) is 16.3. The minimum atomic E-state index is -0.510. The standard InChI is InChI=1S/C17H24N2O3/c1-13-8-11-19(12-9-13)17(21)16(20)18-10-7-14-5-3-4-6-15(14)22-2/h3-6,13H,7-12H2,1-2H3,(H,18,20). The number of hydrogen-bond donors (Lipinski definition) is 1. The number of carbonyl (C=O) groups is 2. The fraction of sp³-hybridized carbons (Fsp3) is 0.529. The quantitative estimate of drug-likeness (QED) is 0.860. The summed E-state index contributed by atoms with van der Waals surface area (Å²) >= 11 is 0. The number of para-hydroxylation sites is 1. The lowest BCUT2D eigenvalue weighted by atomic mass is 9.99. The van der Waals surface area contributed by atoms with Gasteiger partial charge in [-0.3, -0.25) is 9.59 Å². The number of rotatable bonds is 4. The van der Waals surface area contributed by atoms with E-state index in [1.807, 2.05) is 24.3 Å². The summed E-state index contributed by atoms with van der Waals surface area (Å²) in [5, 5.41) is 2.71. The van der Waals surface area contributed by atoms with Crippen molar-refractivity contribution in [1.29, 1.82) is 0 Å². The van der Waals surface area contributed by atoms with Crippen LogP contribution in [-0.2, 0) is 16.0 Å². The fourth-order valence-electron chi connectivity index (χ4n) is 2.65. The van der Waals surface area contributed by atoms with E-state index in [9.17, 15) is 9.59 Å². The number of likely N-dealkylation sites (tertiary alicyclic amines) is 1. The molecule has 22 heavy (non-hydrogen) atoms. The normalized spacial score (nSPS) is 15.5. The Labute approximate surface area is 131 Å². The van der Waals surface area contributed by atoms with Crippen LogP contribution in [0.4, 0.5) is 0 Å². The van der Waals surface area contributed by atoms with Crippen molar-refractivity contribution in [2.75, 3.05) is 26.7 Å². The van der Waals surface area contributed by atoms with E-state index in [2.05, 4.69) is 12.2 Å². The average Bonchev–Trinajstić information content (AvgIpc) is 2.55. The van der Waals surface area contributed by atoms with Gasteiger partial charge in [-0.25, -0.2) is 0 Å². The number of nitrogens with zero attached hydrogens (tertiary/aromatic N) is 1. The highest BCUT2D eigenvalue weighted by atomic mass is 16.5. The number of amides is 2. The Kier molecular flexibility index (Phi) is 5.81. The van der Waals surface area contributed by atoms with E-state index >= 15 is 0 Å². The van der Waals surface area contributed by atoms with Gasteiger partial charge >= 0.3 is 11.8 Å². The molecule has 1 aromatic rings. The minimum Gasteiger partial charge on any atom is -0.496 e. The van der Waals surface area contributed by atoms with E-state index in [1.54, 1.807) is 12.0 Å². The number of piperidine rings is 1. The predicted octanol–water partition coefficient (Wildman–Crippen LogP) is 1.61. The molecule has 5 heteroatoms. The third-order valence-electron chi connectivity index (χ3n) is 4.14. The van der Waals surface area contributed by atoms with E-state index < -0.39 is 11.8 Å². The Morgan fingerprint density at radius 1 is 1.27 bits per heavy atom. The highest BCUT2D eigenvalue weighted by Crippen LogP contribution is 2.17. The van der Waals surface area contributed by atoms with Gasteiger partial charge in [0.2, 0.25) is 0 Å². The molecule has 0 atom stereocenters. The molecule has 120 valence electrons. The van der Waals surface area contributed by atoms with Crippen molar-refractivity contribution in [3.8, 4) is 5.75 Å². The lowest BCUT2D eigenvalue weighted by Crippen LogP contribution is -2.46. The molecule has 1 fully saturated rings. The first-order valence-corrected chi connectivity index (χ1v) is 7.80. The SMILES string of the molecule is COc1ccccc1CCNC(=O)C(=O)N1CCC(C)CC1. The van der Waals surface area contributed by atoms with Crippen LogP contribution >= 0.6 is 0 Å². The van der Waals surface area contributed by atoms with Crippen LogP contribution in [0, 0.1) is 5.92 Å². The number of benzene rings is 1. The molecular formula is C17H24N2O3. The van der Waals surface area contributed by atoms with Gasteiger partial charge in [0, 0.05) is 19.6 Å². The zero-order valence-electron chi connectivity index (χ0n) is 13.3. The molecular weight excluding hydrogens is 280 g/mol. The molecule has 2 rings (SSSR count). The van der Waals surface area contributed by atoms with E-state index in [1.165, 1.54) is 0 Å². The molecule has 1 heterocycles. The second-order valence-corrected chi connectivity index (χ2v) is 5.79. The number of ether oxygens (including phenoxy) is 1. The van der Waals surface area contributed by atoms with Crippen molar-refractivity contribution in [2.24, 2.45) is 5.92 Å². The largest absolute Gasteiger partial charge is 0.496 e. The second-order valence-electron chi connectivity index (χ2n) is 5.79. The van der Waals surface area contributed by atoms with Crippen LogP contribution in [0.3, 0.4) is 0 Å². The lowest BCUT2D eigenvalue weighted by Gasteiger charge is -2.29. The third kappa shape index (κ3) is 4.23. The highest BCUT2D eigenvalue weighted by Gasteiger charge is 2.25. The summed E-state index contributed by atoms with van der Waals surface area (Å²) < 4.78 is 5.27. The maximum atomic E-state index is 12.1. The van der Waals surface area contributed by atoms with Gasteiger partial charge in [-0.05, 0) is 36.8 Å². The molecule has 0 aromatic heterocycles. The highest BCUT2D eigenvalue weighted by molar-refractivity contribution is 6.35. The van der Waals surface area contributed by atoms with Crippen LogP contribution in [0.15, 0.2) is 24.3 Å². The summed E-state index contributed by atoms with van der Waals surface area (Å²) in [6.07, 6.45) is 2.58. The Bertz CT molecular complexity index is 522. The maximum Gasteiger partial charge on any atom is 0.311 e. The maximum absolute atomic E-state index is 12.1. The molecule has 2 amide bonds. The van der Waals surface area contributed by atoms with E-state index in [4.69, 9.17) is 4.74 Å². The topological polar surface area (TPSA) is 58.6 Å². The molecule has 1 saturated heterocycles. The zero-order valence-corrected chi connectivity index (χ0v) is 13.3. The molecule has 1 N–H and O–H groups in total. The van der Waals surface area contributed by atoms with Crippen molar-refractivity contribution >= 4 is 11.8 Å². The van der Waals surface area contributed by atoms with E-state index in [0.717, 1.165) is 24.2 Å². The summed E-state index contributed by atoms with van der Waals surface area (Å²) in [6.45, 7) is 3.96. The summed E-state index contributed by atoms with van der Waals surface area (Å²) in [4.78, 5) is 25.6. The molecule has 0 bridgehead atoms. The first-order valence-electron chi connectivity index (χ1n) is 7.80. The van der Waals surface area contributed by atoms with Crippen molar-refractivity contribution in [2.45, 2.75) is 26.2 Å². The molecule has 1 aromatic carbocycles. The summed E-state index contributed by atoms with van der Waals surface area (Å²) in [6, 6.07) is 7.68. The number of carbonyl (C=O) groups excluding carboxylic acids is 2. The van der Waals surface area contributed by atoms with Crippen LogP contribution in [0.1, 0.15) is 25.3 Å². The average molecular weight is 304 g/mol. The molecule has 0 unspecified atom stereocenters. The Morgan fingerprint density at radius 2 is 1.95 bits per heavy atom. The number of hydrogen-bond acceptors (Lipinski definition) is 3. The van der Waals surface area contributed by atoms with Crippen LogP contribution in [0.2, 0.25) is 0 Å². The molecule has 1 aliphatic rings. The van der Waals surface area contributed by atoms with Crippen LogP contribution < -0.4 is 10.1 Å². The second kappa shape index (κ2) is 7.82. The Hall–Kier alpha value is -2.04. The van der Waals surface area contributed by atoms with Gasteiger partial charge in [0.15, 0.2) is 0 Å². The Morgan fingerprint density at radius 3 is 2.64 bits per heavy atom.